The van der Waals surface area contributed by atoms with Crippen LogP contribution in [0.15, 0.2) is 53.3 Å². The van der Waals surface area contributed by atoms with Gasteiger partial charge in [0.1, 0.15) is 5.82 Å². The second-order valence-corrected chi connectivity index (χ2v) is 7.51. The molecular formula is C23H20FN3O5. The summed E-state index contributed by atoms with van der Waals surface area (Å²) in [4.78, 5) is 52.1. The highest BCUT2D eigenvalue weighted by Gasteiger charge is 2.35. The normalized spacial score (nSPS) is 16.6. The Kier molecular flexibility index (Phi) is 5.81. The molecule has 3 aromatic rings. The number of rotatable bonds is 3. The van der Waals surface area contributed by atoms with Gasteiger partial charge in [0.15, 0.2) is 11.8 Å². The van der Waals surface area contributed by atoms with Gasteiger partial charge in [-0.3, -0.25) is 19.3 Å². The third kappa shape index (κ3) is 4.01. The first kappa shape index (κ1) is 21.4. The molecule has 2 aromatic carbocycles. The Morgan fingerprint density at radius 2 is 1.72 bits per heavy atom. The molecule has 1 aromatic heterocycles. The molecule has 9 heteroatoms. The molecule has 0 N–H and O–H groups in total. The Bertz CT molecular complexity index is 1270. The third-order valence-corrected chi connectivity index (χ3v) is 5.37. The van der Waals surface area contributed by atoms with E-state index in [-0.39, 0.29) is 29.8 Å². The molecule has 1 aliphatic rings. The van der Waals surface area contributed by atoms with Crippen LogP contribution >= 0.6 is 0 Å². The molecule has 1 aliphatic heterocycles. The van der Waals surface area contributed by atoms with Gasteiger partial charge in [-0.2, -0.15) is 5.10 Å². The number of likely N-dealkylation sites (tertiary alicyclic amines) is 1. The van der Waals surface area contributed by atoms with Gasteiger partial charge in [-0.25, -0.2) is 13.9 Å². The first-order valence-corrected chi connectivity index (χ1v) is 10.1. The molecular weight excluding hydrogens is 417 g/mol. The smallest absolute Gasteiger partial charge is 0.360 e. The van der Waals surface area contributed by atoms with E-state index in [1.165, 1.54) is 19.2 Å². The van der Waals surface area contributed by atoms with Crippen molar-refractivity contribution < 1.29 is 23.5 Å². The summed E-state index contributed by atoms with van der Waals surface area (Å²) in [7, 11) is 1.42. The summed E-state index contributed by atoms with van der Waals surface area (Å²) in [5, 5.41) is 4.65. The average molecular weight is 437 g/mol. The molecule has 0 spiro atoms. The van der Waals surface area contributed by atoms with Crippen molar-refractivity contribution in [2.24, 2.45) is 7.05 Å². The summed E-state index contributed by atoms with van der Waals surface area (Å²) in [5.41, 5.74) is -0.285. The van der Waals surface area contributed by atoms with Crippen LogP contribution in [0.3, 0.4) is 0 Å². The molecule has 1 saturated heterocycles. The van der Waals surface area contributed by atoms with Crippen molar-refractivity contribution in [1.82, 2.24) is 14.7 Å². The number of fused-ring (bicyclic) bond motifs is 1. The number of carbonyl (C=O) groups is 3. The molecule has 2 heterocycles. The fourth-order valence-electron chi connectivity index (χ4n) is 3.70. The van der Waals surface area contributed by atoms with Crippen molar-refractivity contribution >= 4 is 28.6 Å². The van der Waals surface area contributed by atoms with E-state index in [0.29, 0.717) is 23.6 Å². The maximum atomic E-state index is 13.2. The van der Waals surface area contributed by atoms with E-state index >= 15 is 0 Å². The Morgan fingerprint density at radius 1 is 1.03 bits per heavy atom. The maximum absolute atomic E-state index is 13.2. The zero-order chi connectivity index (χ0) is 22.8. The van der Waals surface area contributed by atoms with Gasteiger partial charge in [0, 0.05) is 24.5 Å². The number of amides is 2. The number of imide groups is 1. The van der Waals surface area contributed by atoms with Crippen molar-refractivity contribution in [3.8, 4) is 0 Å². The monoisotopic (exact) mass is 437 g/mol. The van der Waals surface area contributed by atoms with Gasteiger partial charge in [-0.05, 0) is 49.6 Å². The SMILES string of the molecule is Cn1nc(C(=O)OC2CCCCN(C(=O)c3ccc(F)cc3)C2=O)c2ccccc2c1=O. The first-order chi connectivity index (χ1) is 15.4. The van der Waals surface area contributed by atoms with Crippen molar-refractivity contribution in [3.05, 3.63) is 76.0 Å². The van der Waals surface area contributed by atoms with Gasteiger partial charge in [0.25, 0.3) is 17.4 Å². The molecule has 32 heavy (non-hydrogen) atoms. The summed E-state index contributed by atoms with van der Waals surface area (Å²) >= 11 is 0. The number of hydrogen-bond acceptors (Lipinski definition) is 6. The van der Waals surface area contributed by atoms with Gasteiger partial charge in [0.2, 0.25) is 0 Å². The number of nitrogens with zero attached hydrogens (tertiary/aromatic N) is 3. The van der Waals surface area contributed by atoms with Gasteiger partial charge >= 0.3 is 5.97 Å². The minimum Gasteiger partial charge on any atom is -0.447 e. The predicted molar refractivity (Wildman–Crippen MR) is 112 cm³/mol. The maximum Gasteiger partial charge on any atom is 0.360 e. The zero-order valence-electron chi connectivity index (χ0n) is 17.3. The molecule has 1 fully saturated rings. The quantitative estimate of drug-likeness (QED) is 0.461. The number of aryl methyl sites for hydroxylation is 1. The summed E-state index contributed by atoms with van der Waals surface area (Å²) in [6, 6.07) is 11.4. The summed E-state index contributed by atoms with van der Waals surface area (Å²) < 4.78 is 19.7. The average Bonchev–Trinajstić information content (AvgIpc) is 2.97. The van der Waals surface area contributed by atoms with Crippen LogP contribution in [0.25, 0.3) is 10.8 Å². The van der Waals surface area contributed by atoms with Crippen LogP contribution in [0, 0.1) is 5.82 Å². The lowest BCUT2D eigenvalue weighted by Gasteiger charge is -2.23. The predicted octanol–water partition coefficient (Wildman–Crippen LogP) is 2.45. The zero-order valence-corrected chi connectivity index (χ0v) is 17.3. The third-order valence-electron chi connectivity index (χ3n) is 5.37. The van der Waals surface area contributed by atoms with E-state index in [2.05, 4.69) is 5.10 Å². The largest absolute Gasteiger partial charge is 0.447 e. The van der Waals surface area contributed by atoms with Gasteiger partial charge in [0.05, 0.1) is 5.39 Å². The molecule has 0 radical (unpaired) electrons. The lowest BCUT2D eigenvalue weighted by atomic mass is 10.1. The van der Waals surface area contributed by atoms with Gasteiger partial charge < -0.3 is 4.74 Å². The molecule has 0 saturated carbocycles. The van der Waals surface area contributed by atoms with Gasteiger partial charge in [-0.15, -0.1) is 0 Å². The van der Waals surface area contributed by atoms with Crippen molar-refractivity contribution in [3.63, 3.8) is 0 Å². The number of halogens is 1. The first-order valence-electron chi connectivity index (χ1n) is 10.1. The lowest BCUT2D eigenvalue weighted by molar-refractivity contribution is -0.137. The van der Waals surface area contributed by atoms with E-state index in [9.17, 15) is 23.6 Å². The minimum atomic E-state index is -1.17. The molecule has 4 rings (SSSR count). The second-order valence-electron chi connectivity index (χ2n) is 7.51. The second kappa shape index (κ2) is 8.70. The standard InChI is InChI=1S/C23H20FN3O5/c1-26-21(29)17-7-3-2-6-16(17)19(25-26)23(31)32-18-8-4-5-13-27(22(18)30)20(28)14-9-11-15(24)12-10-14/h2-3,6-7,9-12,18H,4-5,8,13H2,1H3. The number of carbonyl (C=O) groups excluding carboxylic acids is 3. The number of aromatic nitrogens is 2. The molecule has 1 unspecified atom stereocenters. The minimum absolute atomic E-state index is 0.0869. The summed E-state index contributed by atoms with van der Waals surface area (Å²) in [5.74, 6) is -2.57. The van der Waals surface area contributed by atoms with Crippen LogP contribution in [0.1, 0.15) is 40.1 Å². The van der Waals surface area contributed by atoms with Crippen molar-refractivity contribution in [2.45, 2.75) is 25.4 Å². The Labute approximate surface area is 182 Å². The number of ether oxygens (including phenoxy) is 1. The molecule has 1 atom stereocenters. The van der Waals surface area contributed by atoms with Gasteiger partial charge in [-0.1, -0.05) is 18.2 Å². The number of esters is 1. The number of hydrogen-bond donors (Lipinski definition) is 0. The fraction of sp³-hybridized carbons (Fsp3) is 0.261. The lowest BCUT2D eigenvalue weighted by Crippen LogP contribution is -2.43. The van der Waals surface area contributed by atoms with Crippen molar-refractivity contribution in [1.29, 1.82) is 0 Å². The summed E-state index contributed by atoms with van der Waals surface area (Å²) in [6.45, 7) is 0.171. The number of benzene rings is 2. The van der Waals surface area contributed by atoms with E-state index < -0.39 is 29.7 Å². The van der Waals surface area contributed by atoms with Crippen LogP contribution in [0.5, 0.6) is 0 Å². The molecule has 2 amide bonds. The molecule has 8 nitrogen and oxygen atoms in total. The van der Waals surface area contributed by atoms with E-state index in [4.69, 9.17) is 4.74 Å². The van der Waals surface area contributed by atoms with Crippen LogP contribution in [-0.2, 0) is 16.6 Å². The van der Waals surface area contributed by atoms with Crippen LogP contribution in [0.2, 0.25) is 0 Å². The molecule has 0 aliphatic carbocycles. The molecule has 164 valence electrons. The van der Waals surface area contributed by atoms with Crippen LogP contribution < -0.4 is 5.56 Å². The van der Waals surface area contributed by atoms with Crippen LogP contribution in [-0.4, -0.2) is 45.1 Å². The van der Waals surface area contributed by atoms with E-state index in [0.717, 1.165) is 21.7 Å². The highest BCUT2D eigenvalue weighted by Crippen LogP contribution is 2.21. The van der Waals surface area contributed by atoms with Crippen molar-refractivity contribution in [2.75, 3.05) is 6.54 Å². The van der Waals surface area contributed by atoms with Crippen LogP contribution in [0.4, 0.5) is 4.39 Å². The molecule has 0 bridgehead atoms. The Balaban J connectivity index is 1.60. The van der Waals surface area contributed by atoms with E-state index in [1.807, 2.05) is 0 Å². The topological polar surface area (TPSA) is 98.6 Å². The highest BCUT2D eigenvalue weighted by molar-refractivity contribution is 6.07. The van der Waals surface area contributed by atoms with E-state index in [1.54, 1.807) is 24.3 Å². The highest BCUT2D eigenvalue weighted by atomic mass is 19.1. The Hall–Kier alpha value is -3.88. The fourth-order valence-corrected chi connectivity index (χ4v) is 3.70. The Morgan fingerprint density at radius 3 is 2.44 bits per heavy atom. The summed E-state index contributed by atoms with van der Waals surface area (Å²) in [6.07, 6.45) is 0.195.